The van der Waals surface area contributed by atoms with Gasteiger partial charge in [-0.15, -0.1) is 0 Å². The van der Waals surface area contributed by atoms with E-state index in [-0.39, 0.29) is 13.0 Å². The first-order chi connectivity index (χ1) is 7.50. The third-order valence-electron chi connectivity index (χ3n) is 1.91. The molecule has 0 aromatic carbocycles. The molecule has 0 aliphatic rings. The summed E-state index contributed by atoms with van der Waals surface area (Å²) in [6, 6.07) is 1.48. The van der Waals surface area contributed by atoms with Crippen LogP contribution in [0, 0.1) is 6.92 Å². The smallest absolute Gasteiger partial charge is 0.340 e. The van der Waals surface area contributed by atoms with Crippen LogP contribution >= 0.6 is 0 Å². The second kappa shape index (κ2) is 5.11. The molecule has 0 atom stereocenters. The fourth-order valence-electron chi connectivity index (χ4n) is 1.08. The Bertz CT molecular complexity index is 418. The number of nitrogen functional groups attached to an aromatic ring is 1. The number of aromatic nitrogens is 1. The molecule has 0 saturated heterocycles. The van der Waals surface area contributed by atoms with Crippen molar-refractivity contribution >= 4 is 17.6 Å². The van der Waals surface area contributed by atoms with E-state index in [4.69, 9.17) is 16.2 Å². The molecule has 16 heavy (non-hydrogen) atoms. The summed E-state index contributed by atoms with van der Waals surface area (Å²) in [5, 5.41) is 0. The van der Waals surface area contributed by atoms with Gasteiger partial charge in [-0.25, -0.2) is 4.79 Å². The molecule has 1 heterocycles. The summed E-state index contributed by atoms with van der Waals surface area (Å²) in [4.78, 5) is 25.9. The number of amides is 1. The van der Waals surface area contributed by atoms with Crippen molar-refractivity contribution < 1.29 is 14.3 Å². The minimum atomic E-state index is -0.557. The lowest BCUT2D eigenvalue weighted by atomic mass is 10.2. The largest absolute Gasteiger partial charge is 0.462 e. The third kappa shape index (κ3) is 3.23. The quantitative estimate of drug-likeness (QED) is 0.698. The van der Waals surface area contributed by atoms with Crippen molar-refractivity contribution in [2.75, 3.05) is 12.3 Å². The van der Waals surface area contributed by atoms with E-state index in [1.54, 1.807) is 6.92 Å². The number of esters is 1. The summed E-state index contributed by atoms with van der Waals surface area (Å²) in [5.74, 6) is -1.08. The maximum absolute atomic E-state index is 11.5. The monoisotopic (exact) mass is 223 g/mol. The maximum Gasteiger partial charge on any atom is 0.340 e. The highest BCUT2D eigenvalue weighted by molar-refractivity contribution is 5.91. The fourth-order valence-corrected chi connectivity index (χ4v) is 1.08. The number of hydrogen-bond donors (Lipinski definition) is 2. The van der Waals surface area contributed by atoms with E-state index < -0.39 is 11.9 Å². The molecule has 0 saturated carbocycles. The van der Waals surface area contributed by atoms with Gasteiger partial charge in [-0.3, -0.25) is 9.78 Å². The number of carbonyl (C=O) groups is 2. The number of pyridine rings is 1. The Labute approximate surface area is 92.6 Å². The molecular weight excluding hydrogens is 210 g/mol. The lowest BCUT2D eigenvalue weighted by Crippen LogP contribution is -2.16. The molecule has 0 bridgehead atoms. The Balaban J connectivity index is 2.65. The third-order valence-corrected chi connectivity index (χ3v) is 1.91. The molecule has 1 amide bonds. The molecule has 0 spiro atoms. The number of carbonyl (C=O) groups excluding carboxylic acids is 2. The SMILES string of the molecule is Cc1ncc(N)cc1C(=O)OCCC(N)=O. The normalized spacial score (nSPS) is 9.81. The Morgan fingerprint density at radius 3 is 2.81 bits per heavy atom. The lowest BCUT2D eigenvalue weighted by Gasteiger charge is -2.06. The zero-order chi connectivity index (χ0) is 12.1. The Kier molecular flexibility index (Phi) is 3.82. The molecule has 4 N–H and O–H groups in total. The van der Waals surface area contributed by atoms with Crippen molar-refractivity contribution in [1.82, 2.24) is 4.98 Å². The van der Waals surface area contributed by atoms with Crippen LogP contribution in [0.3, 0.4) is 0 Å². The summed E-state index contributed by atoms with van der Waals surface area (Å²) in [7, 11) is 0. The Hall–Kier alpha value is -2.11. The van der Waals surface area contributed by atoms with Crippen LogP contribution < -0.4 is 11.5 Å². The van der Waals surface area contributed by atoms with Gasteiger partial charge in [0, 0.05) is 0 Å². The summed E-state index contributed by atoms with van der Waals surface area (Å²) in [5.41, 5.74) is 11.6. The highest BCUT2D eigenvalue weighted by Gasteiger charge is 2.12. The van der Waals surface area contributed by atoms with E-state index in [0.717, 1.165) is 0 Å². The van der Waals surface area contributed by atoms with E-state index in [9.17, 15) is 9.59 Å². The highest BCUT2D eigenvalue weighted by atomic mass is 16.5. The average molecular weight is 223 g/mol. The van der Waals surface area contributed by atoms with E-state index >= 15 is 0 Å². The molecule has 0 aliphatic heterocycles. The van der Waals surface area contributed by atoms with Gasteiger partial charge in [0.15, 0.2) is 0 Å². The van der Waals surface area contributed by atoms with Gasteiger partial charge in [0.2, 0.25) is 5.91 Å². The topological polar surface area (TPSA) is 108 Å². The van der Waals surface area contributed by atoms with Gasteiger partial charge in [0.1, 0.15) is 6.61 Å². The molecule has 0 unspecified atom stereocenters. The zero-order valence-corrected chi connectivity index (χ0v) is 8.90. The summed E-state index contributed by atoms with van der Waals surface area (Å²) >= 11 is 0. The van der Waals surface area contributed by atoms with Gasteiger partial charge in [0.05, 0.1) is 29.6 Å². The number of anilines is 1. The number of primary amides is 1. The number of nitrogens with two attached hydrogens (primary N) is 2. The van der Waals surface area contributed by atoms with Crippen LogP contribution in [0.1, 0.15) is 22.5 Å². The molecule has 0 fully saturated rings. The number of rotatable bonds is 4. The molecular formula is C10H13N3O3. The summed E-state index contributed by atoms with van der Waals surface area (Å²) < 4.78 is 4.84. The number of ether oxygens (including phenoxy) is 1. The van der Waals surface area contributed by atoms with Gasteiger partial charge in [0.25, 0.3) is 0 Å². The zero-order valence-electron chi connectivity index (χ0n) is 8.90. The van der Waals surface area contributed by atoms with E-state index in [1.807, 2.05) is 0 Å². The van der Waals surface area contributed by atoms with Crippen LogP contribution in [-0.2, 0) is 9.53 Å². The lowest BCUT2D eigenvalue weighted by molar-refractivity contribution is -0.118. The van der Waals surface area contributed by atoms with Crippen molar-refractivity contribution in [2.24, 2.45) is 5.73 Å². The van der Waals surface area contributed by atoms with Crippen molar-refractivity contribution in [1.29, 1.82) is 0 Å². The van der Waals surface area contributed by atoms with Crippen LogP contribution in [-0.4, -0.2) is 23.5 Å². The highest BCUT2D eigenvalue weighted by Crippen LogP contribution is 2.10. The molecule has 0 radical (unpaired) electrons. The van der Waals surface area contributed by atoms with Crippen LogP contribution in [0.15, 0.2) is 12.3 Å². The van der Waals surface area contributed by atoms with Gasteiger partial charge in [-0.1, -0.05) is 0 Å². The van der Waals surface area contributed by atoms with Crippen LogP contribution in [0.5, 0.6) is 0 Å². The second-order valence-electron chi connectivity index (χ2n) is 3.25. The average Bonchev–Trinajstić information content (AvgIpc) is 2.21. The van der Waals surface area contributed by atoms with E-state index in [2.05, 4.69) is 4.98 Å². The molecule has 6 nitrogen and oxygen atoms in total. The minimum Gasteiger partial charge on any atom is -0.462 e. The van der Waals surface area contributed by atoms with Gasteiger partial charge in [-0.05, 0) is 13.0 Å². The van der Waals surface area contributed by atoms with Crippen LogP contribution in [0.2, 0.25) is 0 Å². The van der Waals surface area contributed by atoms with Crippen molar-refractivity contribution in [2.45, 2.75) is 13.3 Å². The number of hydrogen-bond acceptors (Lipinski definition) is 5. The van der Waals surface area contributed by atoms with Gasteiger partial charge in [-0.2, -0.15) is 0 Å². The van der Waals surface area contributed by atoms with Gasteiger partial charge < -0.3 is 16.2 Å². The standard InChI is InChI=1S/C10H13N3O3/c1-6-8(4-7(11)5-13-6)10(15)16-3-2-9(12)14/h4-5H,2-3,11H2,1H3,(H2,12,14). The molecule has 86 valence electrons. The number of nitrogens with zero attached hydrogens (tertiary/aromatic N) is 1. The Morgan fingerprint density at radius 1 is 1.50 bits per heavy atom. The van der Waals surface area contributed by atoms with Crippen molar-refractivity contribution in [3.05, 3.63) is 23.5 Å². The first kappa shape index (κ1) is 12.0. The van der Waals surface area contributed by atoms with Crippen molar-refractivity contribution in [3.8, 4) is 0 Å². The van der Waals surface area contributed by atoms with E-state index in [1.165, 1.54) is 12.3 Å². The molecule has 1 rings (SSSR count). The second-order valence-corrected chi connectivity index (χ2v) is 3.25. The minimum absolute atomic E-state index is 0.000528. The van der Waals surface area contributed by atoms with Crippen LogP contribution in [0.25, 0.3) is 0 Å². The molecule has 6 heteroatoms. The fraction of sp³-hybridized carbons (Fsp3) is 0.300. The summed E-state index contributed by atoms with van der Waals surface area (Å²) in [6.07, 6.45) is 1.45. The number of aryl methyl sites for hydroxylation is 1. The molecule has 1 aromatic rings. The Morgan fingerprint density at radius 2 is 2.19 bits per heavy atom. The maximum atomic E-state index is 11.5. The predicted molar refractivity (Wildman–Crippen MR) is 57.5 cm³/mol. The summed E-state index contributed by atoms with van der Waals surface area (Å²) in [6.45, 7) is 1.63. The first-order valence-corrected chi connectivity index (χ1v) is 4.68. The predicted octanol–water partition coefficient (Wildman–Crippen LogP) is 0.00442. The van der Waals surface area contributed by atoms with Gasteiger partial charge >= 0.3 is 5.97 Å². The van der Waals surface area contributed by atoms with E-state index in [0.29, 0.717) is 16.9 Å². The first-order valence-electron chi connectivity index (χ1n) is 4.68. The van der Waals surface area contributed by atoms with Crippen molar-refractivity contribution in [3.63, 3.8) is 0 Å². The molecule has 1 aromatic heterocycles. The molecule has 0 aliphatic carbocycles. The van der Waals surface area contributed by atoms with Crippen LogP contribution in [0.4, 0.5) is 5.69 Å².